The van der Waals surface area contributed by atoms with Gasteiger partial charge in [-0.3, -0.25) is 4.48 Å². The van der Waals surface area contributed by atoms with E-state index in [2.05, 4.69) is 26.1 Å². The van der Waals surface area contributed by atoms with E-state index in [9.17, 15) is 0 Å². The molecule has 0 rings (SSSR count). The molecule has 0 saturated heterocycles. The molecule has 0 saturated carbocycles. The first-order chi connectivity index (χ1) is 4.39. The van der Waals surface area contributed by atoms with Crippen LogP contribution < -0.4 is 12.4 Å². The van der Waals surface area contributed by atoms with Crippen LogP contribution in [0.15, 0.2) is 4.99 Å². The molecule has 0 spiro atoms. The summed E-state index contributed by atoms with van der Waals surface area (Å²) in [7, 11) is 12.1. The number of hydrogen-bond acceptors (Lipinski definition) is 1. The number of guanidine groups is 1. The Balaban J connectivity index is -0.000000405. The van der Waals surface area contributed by atoms with Gasteiger partial charge in [0.1, 0.15) is 0 Å². The Morgan fingerprint density at radius 2 is 1.50 bits per heavy atom. The Hall–Kier alpha value is 0.01000. The van der Waals surface area contributed by atoms with Gasteiger partial charge in [-0.25, -0.2) is 4.99 Å². The topological polar surface area (TPSA) is 15.6 Å². The molecule has 3 nitrogen and oxygen atoms in total. The van der Waals surface area contributed by atoms with Gasteiger partial charge in [0.2, 0.25) is 0 Å². The van der Waals surface area contributed by atoms with Crippen LogP contribution in [-0.4, -0.2) is 57.6 Å². The highest BCUT2D eigenvalue weighted by atomic mass is 35.5. The number of hydrogen-bond donors (Lipinski definition) is 0. The third-order valence-corrected chi connectivity index (χ3v) is 1.20. The van der Waals surface area contributed by atoms with E-state index < -0.39 is 0 Å². The van der Waals surface area contributed by atoms with Crippen LogP contribution in [0.4, 0.5) is 0 Å². The van der Waals surface area contributed by atoms with E-state index in [0.717, 1.165) is 10.4 Å². The zero-order chi connectivity index (χ0) is 8.36. The highest BCUT2D eigenvalue weighted by Crippen LogP contribution is 1.96. The van der Waals surface area contributed by atoms with Crippen LogP contribution in [-0.2, 0) is 0 Å². The molecule has 76 valence electrons. The van der Waals surface area contributed by atoms with Crippen LogP contribution in [0.5, 0.6) is 0 Å². The molecule has 0 aliphatic heterocycles. The number of nitrogens with zero attached hydrogens (tertiary/aromatic N) is 3. The normalized spacial score (nSPS) is 11.3. The van der Waals surface area contributed by atoms with Gasteiger partial charge in [0.15, 0.2) is 0 Å². The fourth-order valence-electron chi connectivity index (χ4n) is 1.10. The summed E-state index contributed by atoms with van der Waals surface area (Å²) in [5, 5.41) is 0. The number of aliphatic imine (C=N–C) groups is 1. The minimum Gasteiger partial charge on any atom is -1.00 e. The van der Waals surface area contributed by atoms with Gasteiger partial charge in [-0.1, -0.05) is 0 Å². The second-order valence-electron chi connectivity index (χ2n) is 3.43. The van der Waals surface area contributed by atoms with E-state index in [1.165, 1.54) is 0 Å². The fourth-order valence-corrected chi connectivity index (χ4v) is 1.10. The molecular weight excluding hydrogens is 197 g/mol. The van der Waals surface area contributed by atoms with Gasteiger partial charge in [0.05, 0.1) is 21.1 Å². The molecule has 0 aliphatic carbocycles. The van der Waals surface area contributed by atoms with Crippen LogP contribution in [0.25, 0.3) is 0 Å². The molecule has 0 aromatic carbocycles. The summed E-state index contributed by atoms with van der Waals surface area (Å²) in [4.78, 5) is 6.20. The van der Waals surface area contributed by atoms with Crippen LogP contribution in [0.3, 0.4) is 0 Å². The van der Waals surface area contributed by atoms with Crippen molar-refractivity contribution in [2.45, 2.75) is 0 Å². The third-order valence-electron chi connectivity index (χ3n) is 1.20. The van der Waals surface area contributed by atoms with E-state index in [1.807, 2.05) is 26.0 Å². The average Bonchev–Trinajstić information content (AvgIpc) is 1.60. The molecule has 0 aromatic rings. The smallest absolute Gasteiger partial charge is 0.298 e. The van der Waals surface area contributed by atoms with Crippen LogP contribution in [0, 0.1) is 0 Å². The van der Waals surface area contributed by atoms with Crippen molar-refractivity contribution in [3.8, 4) is 0 Å². The predicted molar refractivity (Wildman–Crippen MR) is 52.3 cm³/mol. The van der Waals surface area contributed by atoms with E-state index in [4.69, 9.17) is 0 Å². The van der Waals surface area contributed by atoms with Gasteiger partial charge in [-0.05, 0) is 0 Å². The first-order valence-corrected chi connectivity index (χ1v) is 3.35. The average molecular weight is 216 g/mol. The van der Waals surface area contributed by atoms with Crippen molar-refractivity contribution >= 4 is 18.4 Å². The molecule has 0 fully saturated rings. The van der Waals surface area contributed by atoms with Crippen molar-refractivity contribution in [3.63, 3.8) is 0 Å². The molecule has 0 atom stereocenters. The first kappa shape index (κ1) is 17.9. The lowest BCUT2D eigenvalue weighted by Crippen LogP contribution is -3.00. The summed E-state index contributed by atoms with van der Waals surface area (Å²) < 4.78 is 0.767. The quantitative estimate of drug-likeness (QED) is 0.252. The second-order valence-corrected chi connectivity index (χ2v) is 3.43. The molecule has 0 aromatic heterocycles. The Morgan fingerprint density at radius 1 is 1.17 bits per heavy atom. The molecule has 0 unspecified atom stereocenters. The highest BCUT2D eigenvalue weighted by molar-refractivity contribution is 5.85. The van der Waals surface area contributed by atoms with Gasteiger partial charge < -0.3 is 17.3 Å². The molecule has 5 heteroatoms. The molecule has 0 radical (unpaired) electrons. The summed E-state index contributed by atoms with van der Waals surface area (Å²) in [5.74, 6) is 1.07. The maximum atomic E-state index is 4.17. The van der Waals surface area contributed by atoms with E-state index in [-0.39, 0.29) is 24.8 Å². The highest BCUT2D eigenvalue weighted by Gasteiger charge is 2.18. The van der Waals surface area contributed by atoms with Gasteiger partial charge >= 0.3 is 0 Å². The Kier molecular flexibility index (Phi) is 9.74. The van der Waals surface area contributed by atoms with Crippen LogP contribution >= 0.6 is 12.4 Å². The summed E-state index contributed by atoms with van der Waals surface area (Å²) in [6, 6.07) is 0. The van der Waals surface area contributed by atoms with Crippen molar-refractivity contribution in [3.05, 3.63) is 0 Å². The SMILES string of the molecule is CN=C(N(C)C)[N+](C)(C)C.Cl.[Cl-]. The molecule has 12 heavy (non-hydrogen) atoms. The standard InChI is InChI=1S/C7H18N3.2ClH/c1-8-7(9(2)3)10(4,5)6;;/h1-6H3;2*1H/q+1;;/p-1. The van der Waals surface area contributed by atoms with Crippen molar-refractivity contribution in [1.82, 2.24) is 4.90 Å². The minimum atomic E-state index is 0. The largest absolute Gasteiger partial charge is 1.00 e. The molecule has 0 heterocycles. The maximum Gasteiger partial charge on any atom is 0.298 e. The lowest BCUT2D eigenvalue weighted by Gasteiger charge is -2.28. The molecule has 0 aliphatic rings. The number of halogens is 2. The fraction of sp³-hybridized carbons (Fsp3) is 0.857. The summed E-state index contributed by atoms with van der Waals surface area (Å²) in [6.07, 6.45) is 0. The third kappa shape index (κ3) is 5.63. The zero-order valence-electron chi connectivity index (χ0n) is 8.63. The maximum absolute atomic E-state index is 4.17. The Morgan fingerprint density at radius 3 is 1.50 bits per heavy atom. The van der Waals surface area contributed by atoms with Gasteiger partial charge in [-0.2, -0.15) is 0 Å². The van der Waals surface area contributed by atoms with Gasteiger partial charge in [0, 0.05) is 21.1 Å². The number of quaternary nitrogens is 1. The summed E-state index contributed by atoms with van der Waals surface area (Å²) >= 11 is 0. The number of rotatable bonds is 0. The molecular formula is C7H19Cl2N3. The summed E-state index contributed by atoms with van der Waals surface area (Å²) in [5.41, 5.74) is 0. The second kappa shape index (κ2) is 6.52. The van der Waals surface area contributed by atoms with Gasteiger partial charge in [-0.15, -0.1) is 12.4 Å². The van der Waals surface area contributed by atoms with E-state index >= 15 is 0 Å². The minimum absolute atomic E-state index is 0. The zero-order valence-corrected chi connectivity index (χ0v) is 10.2. The van der Waals surface area contributed by atoms with Gasteiger partial charge in [0.25, 0.3) is 5.96 Å². The molecule has 0 amide bonds. The summed E-state index contributed by atoms with van der Waals surface area (Å²) in [6.45, 7) is 0. The predicted octanol–water partition coefficient (Wildman–Crippen LogP) is -2.33. The van der Waals surface area contributed by atoms with Crippen molar-refractivity contribution in [1.29, 1.82) is 0 Å². The van der Waals surface area contributed by atoms with Crippen LogP contribution in [0.1, 0.15) is 0 Å². The Bertz CT molecular complexity index is 138. The van der Waals surface area contributed by atoms with Crippen molar-refractivity contribution < 1.29 is 16.9 Å². The lowest BCUT2D eigenvalue weighted by atomic mass is 10.6. The first-order valence-electron chi connectivity index (χ1n) is 3.35. The van der Waals surface area contributed by atoms with Crippen molar-refractivity contribution in [2.24, 2.45) is 4.99 Å². The van der Waals surface area contributed by atoms with E-state index in [0.29, 0.717) is 0 Å². The monoisotopic (exact) mass is 215 g/mol. The molecule has 0 bridgehead atoms. The molecule has 0 N–H and O–H groups in total. The lowest BCUT2D eigenvalue weighted by molar-refractivity contribution is -0.782. The van der Waals surface area contributed by atoms with Crippen molar-refractivity contribution in [2.75, 3.05) is 42.3 Å². The van der Waals surface area contributed by atoms with E-state index in [1.54, 1.807) is 0 Å². The Labute approximate surface area is 87.9 Å². The van der Waals surface area contributed by atoms with Crippen LogP contribution in [0.2, 0.25) is 0 Å².